The second-order valence-corrected chi connectivity index (χ2v) is 4.11. The lowest BCUT2D eigenvalue weighted by Gasteiger charge is -2.21. The first-order chi connectivity index (χ1) is 8.22. The summed E-state index contributed by atoms with van der Waals surface area (Å²) < 4.78 is 0. The zero-order valence-electron chi connectivity index (χ0n) is 9.90. The number of carbonyl (C=O) groups is 2. The third-order valence-corrected chi connectivity index (χ3v) is 2.80. The van der Waals surface area contributed by atoms with Crippen molar-refractivity contribution in [1.29, 1.82) is 0 Å². The van der Waals surface area contributed by atoms with Crippen molar-refractivity contribution in [2.45, 2.75) is 26.2 Å². The number of para-hydroxylation sites is 2. The van der Waals surface area contributed by atoms with Gasteiger partial charge in [0.1, 0.15) is 0 Å². The molecule has 4 heteroatoms. The number of nitrogens with one attached hydrogen (secondary N) is 1. The molecule has 17 heavy (non-hydrogen) atoms. The minimum Gasteiger partial charge on any atom is -0.324 e. The highest BCUT2D eigenvalue weighted by atomic mass is 16.2. The second-order valence-electron chi connectivity index (χ2n) is 4.11. The molecule has 0 unspecified atom stereocenters. The number of nitrogens with zero attached hydrogens (tertiary/aromatic N) is 1. The van der Waals surface area contributed by atoms with E-state index in [4.69, 9.17) is 0 Å². The van der Waals surface area contributed by atoms with Gasteiger partial charge in [-0.2, -0.15) is 0 Å². The summed E-state index contributed by atoms with van der Waals surface area (Å²) in [6.07, 6.45) is 1.69. The van der Waals surface area contributed by atoms with Crippen molar-refractivity contribution in [2.24, 2.45) is 0 Å². The van der Waals surface area contributed by atoms with Crippen molar-refractivity contribution < 1.29 is 9.59 Å². The van der Waals surface area contributed by atoms with Crippen LogP contribution in [-0.2, 0) is 9.59 Å². The van der Waals surface area contributed by atoms with Crippen LogP contribution in [0.15, 0.2) is 24.3 Å². The molecule has 1 aromatic carbocycles. The first-order valence-corrected chi connectivity index (χ1v) is 5.91. The Labute approximate surface area is 101 Å². The van der Waals surface area contributed by atoms with Gasteiger partial charge in [-0.3, -0.25) is 9.59 Å². The molecular weight excluding hydrogens is 216 g/mol. The predicted octanol–water partition coefficient (Wildman–Crippen LogP) is 2.16. The normalized spacial score (nSPS) is 14.9. The van der Waals surface area contributed by atoms with Crippen molar-refractivity contribution in [3.8, 4) is 0 Å². The zero-order chi connectivity index (χ0) is 12.3. The fourth-order valence-electron chi connectivity index (χ4n) is 1.97. The van der Waals surface area contributed by atoms with E-state index in [1.165, 1.54) is 0 Å². The van der Waals surface area contributed by atoms with E-state index in [-0.39, 0.29) is 11.8 Å². The van der Waals surface area contributed by atoms with Crippen LogP contribution < -0.4 is 10.2 Å². The highest BCUT2D eigenvalue weighted by Crippen LogP contribution is 2.28. The van der Waals surface area contributed by atoms with E-state index in [0.717, 1.165) is 17.8 Å². The minimum atomic E-state index is -0.0377. The number of fused-ring (bicyclic) bond motifs is 1. The maximum atomic E-state index is 12.0. The van der Waals surface area contributed by atoms with E-state index in [0.29, 0.717) is 19.4 Å². The average molecular weight is 232 g/mol. The number of anilines is 2. The third kappa shape index (κ3) is 2.46. The summed E-state index contributed by atoms with van der Waals surface area (Å²) in [4.78, 5) is 25.2. The Morgan fingerprint density at radius 2 is 2.18 bits per heavy atom. The molecular formula is C13H16N2O2. The van der Waals surface area contributed by atoms with Crippen LogP contribution in [0.1, 0.15) is 26.2 Å². The molecule has 1 heterocycles. The first kappa shape index (κ1) is 11.6. The molecule has 0 aromatic heterocycles. The summed E-state index contributed by atoms with van der Waals surface area (Å²) in [5.41, 5.74) is 1.52. The van der Waals surface area contributed by atoms with E-state index in [1.807, 2.05) is 31.2 Å². The van der Waals surface area contributed by atoms with Gasteiger partial charge in [0, 0.05) is 19.4 Å². The van der Waals surface area contributed by atoms with Crippen LogP contribution in [-0.4, -0.2) is 18.4 Å². The molecule has 90 valence electrons. The molecule has 0 atom stereocenters. The number of benzene rings is 1. The van der Waals surface area contributed by atoms with Crippen LogP contribution in [0.2, 0.25) is 0 Å². The Balaban J connectivity index is 2.34. The standard InChI is InChI=1S/C13H16N2O2/c1-2-5-13(17)15-9-8-12(16)14-10-6-3-4-7-11(10)15/h3-4,6-7H,2,5,8-9H2,1H3,(H,14,16). The zero-order valence-corrected chi connectivity index (χ0v) is 9.90. The molecule has 1 aromatic rings. The Hall–Kier alpha value is -1.84. The molecule has 0 aliphatic carbocycles. The summed E-state index contributed by atoms with van der Waals surface area (Å²) >= 11 is 0. The molecule has 0 saturated heterocycles. The molecule has 0 spiro atoms. The van der Waals surface area contributed by atoms with E-state index in [9.17, 15) is 9.59 Å². The van der Waals surface area contributed by atoms with Gasteiger partial charge < -0.3 is 10.2 Å². The number of amides is 2. The third-order valence-electron chi connectivity index (χ3n) is 2.80. The van der Waals surface area contributed by atoms with Gasteiger partial charge in [0.2, 0.25) is 11.8 Å². The highest BCUT2D eigenvalue weighted by molar-refractivity contribution is 6.03. The van der Waals surface area contributed by atoms with E-state index in [2.05, 4.69) is 5.32 Å². The average Bonchev–Trinajstić information content (AvgIpc) is 2.47. The fourth-order valence-corrected chi connectivity index (χ4v) is 1.97. The number of hydrogen-bond acceptors (Lipinski definition) is 2. The van der Waals surface area contributed by atoms with Crippen LogP contribution in [0.4, 0.5) is 11.4 Å². The number of rotatable bonds is 2. The summed E-state index contributed by atoms with van der Waals surface area (Å²) in [5, 5.41) is 2.82. The molecule has 0 bridgehead atoms. The van der Waals surface area contributed by atoms with Gasteiger partial charge in [0.15, 0.2) is 0 Å². The molecule has 0 saturated carbocycles. The van der Waals surface area contributed by atoms with Crippen molar-refractivity contribution in [2.75, 3.05) is 16.8 Å². The van der Waals surface area contributed by atoms with Crippen LogP contribution >= 0.6 is 0 Å². The van der Waals surface area contributed by atoms with Crippen LogP contribution in [0, 0.1) is 0 Å². The van der Waals surface area contributed by atoms with Gasteiger partial charge in [-0.15, -0.1) is 0 Å². The molecule has 1 N–H and O–H groups in total. The maximum Gasteiger partial charge on any atom is 0.227 e. The van der Waals surface area contributed by atoms with Gasteiger partial charge in [-0.05, 0) is 18.6 Å². The maximum absolute atomic E-state index is 12.0. The van der Waals surface area contributed by atoms with Gasteiger partial charge in [-0.25, -0.2) is 0 Å². The molecule has 1 aliphatic heterocycles. The van der Waals surface area contributed by atoms with Crippen LogP contribution in [0.5, 0.6) is 0 Å². The highest BCUT2D eigenvalue weighted by Gasteiger charge is 2.22. The minimum absolute atomic E-state index is 0.0377. The van der Waals surface area contributed by atoms with Gasteiger partial charge in [-0.1, -0.05) is 19.1 Å². The van der Waals surface area contributed by atoms with Gasteiger partial charge in [0.25, 0.3) is 0 Å². The molecule has 1 aliphatic rings. The monoisotopic (exact) mass is 232 g/mol. The van der Waals surface area contributed by atoms with Crippen molar-refractivity contribution >= 4 is 23.2 Å². The van der Waals surface area contributed by atoms with Crippen molar-refractivity contribution in [3.05, 3.63) is 24.3 Å². The molecule has 0 radical (unpaired) electrons. The van der Waals surface area contributed by atoms with E-state index >= 15 is 0 Å². The molecule has 2 amide bonds. The summed E-state index contributed by atoms with van der Waals surface area (Å²) in [5.74, 6) is 0.0423. The Bertz CT molecular complexity index is 443. The molecule has 2 rings (SSSR count). The fraction of sp³-hybridized carbons (Fsp3) is 0.385. The van der Waals surface area contributed by atoms with Crippen molar-refractivity contribution in [1.82, 2.24) is 0 Å². The van der Waals surface area contributed by atoms with E-state index < -0.39 is 0 Å². The smallest absolute Gasteiger partial charge is 0.227 e. The van der Waals surface area contributed by atoms with Gasteiger partial charge >= 0.3 is 0 Å². The molecule has 4 nitrogen and oxygen atoms in total. The number of hydrogen-bond donors (Lipinski definition) is 1. The lowest BCUT2D eigenvalue weighted by molar-refractivity contribution is -0.118. The number of carbonyl (C=O) groups excluding carboxylic acids is 2. The Morgan fingerprint density at radius 1 is 1.41 bits per heavy atom. The SMILES string of the molecule is CCCC(=O)N1CCC(=O)Nc2ccccc21. The topological polar surface area (TPSA) is 49.4 Å². The first-order valence-electron chi connectivity index (χ1n) is 5.91. The van der Waals surface area contributed by atoms with Crippen LogP contribution in [0.25, 0.3) is 0 Å². The summed E-state index contributed by atoms with van der Waals surface area (Å²) in [7, 11) is 0. The lowest BCUT2D eigenvalue weighted by Crippen LogP contribution is -2.31. The van der Waals surface area contributed by atoms with Crippen molar-refractivity contribution in [3.63, 3.8) is 0 Å². The largest absolute Gasteiger partial charge is 0.324 e. The Morgan fingerprint density at radius 3 is 2.94 bits per heavy atom. The lowest BCUT2D eigenvalue weighted by atomic mass is 10.2. The summed E-state index contributed by atoms with van der Waals surface area (Å²) in [6.45, 7) is 2.44. The summed E-state index contributed by atoms with van der Waals surface area (Å²) in [6, 6.07) is 7.43. The quantitative estimate of drug-likeness (QED) is 0.849. The predicted molar refractivity (Wildman–Crippen MR) is 66.9 cm³/mol. The second kappa shape index (κ2) is 4.99. The van der Waals surface area contributed by atoms with Crippen LogP contribution in [0.3, 0.4) is 0 Å². The molecule has 0 fully saturated rings. The van der Waals surface area contributed by atoms with Gasteiger partial charge in [0.05, 0.1) is 11.4 Å². The van der Waals surface area contributed by atoms with E-state index in [1.54, 1.807) is 4.90 Å². The Kier molecular flexibility index (Phi) is 3.42.